The van der Waals surface area contributed by atoms with Crippen molar-refractivity contribution in [3.8, 4) is 0 Å². The molecule has 0 aromatic heterocycles. The summed E-state index contributed by atoms with van der Waals surface area (Å²) in [5, 5.41) is 9.34. The molecule has 32 heavy (non-hydrogen) atoms. The number of nitrogens with zero attached hydrogens (tertiary/aromatic N) is 1. The van der Waals surface area contributed by atoms with E-state index in [0.29, 0.717) is 0 Å². The summed E-state index contributed by atoms with van der Waals surface area (Å²) in [5.74, 6) is -2.47. The molecule has 2 aliphatic carbocycles. The van der Waals surface area contributed by atoms with Crippen molar-refractivity contribution >= 4 is 80.9 Å². The third-order valence-corrected chi connectivity index (χ3v) is 6.10. The molecule has 0 heterocycles. The third-order valence-electron chi connectivity index (χ3n) is 4.46. The predicted molar refractivity (Wildman–Crippen MR) is 119 cm³/mol. The average molecular weight is 514 g/mol. The molecule has 0 saturated heterocycles. The Morgan fingerprint density at radius 1 is 0.656 bits per heavy atom. The Balaban J connectivity index is 0.000000182. The Morgan fingerprint density at radius 2 is 1.06 bits per heavy atom. The molecule has 0 amide bonds. The number of nitro groups is 1. The van der Waals surface area contributed by atoms with Crippen LogP contribution in [0, 0.1) is 10.1 Å². The molecular formula is C20H8Cl4N2O6. The van der Waals surface area contributed by atoms with E-state index >= 15 is 0 Å². The predicted octanol–water partition coefficient (Wildman–Crippen LogP) is 5.00. The lowest BCUT2D eigenvalue weighted by Gasteiger charge is -2.15. The van der Waals surface area contributed by atoms with Gasteiger partial charge in [-0.1, -0.05) is 64.6 Å². The SMILES string of the molecule is Nc1cccc2c1C(=O)C(Cl)=C(Cl)C2=O.O=C1C(Cl)=C(Cl)C(=O)c2c1cccc2[N+](=O)[O-]. The van der Waals surface area contributed by atoms with E-state index in [1.807, 2.05) is 0 Å². The van der Waals surface area contributed by atoms with E-state index in [4.69, 9.17) is 52.1 Å². The fraction of sp³-hybridized carbons (Fsp3) is 0. The molecule has 0 radical (unpaired) electrons. The van der Waals surface area contributed by atoms with Crippen LogP contribution in [0.2, 0.25) is 0 Å². The number of Topliss-reactive ketones (excluding diaryl/α,β-unsaturated/α-hetero) is 4. The third kappa shape index (κ3) is 3.82. The molecule has 162 valence electrons. The van der Waals surface area contributed by atoms with Crippen LogP contribution in [0.3, 0.4) is 0 Å². The van der Waals surface area contributed by atoms with Crippen molar-refractivity contribution in [2.24, 2.45) is 0 Å². The molecule has 0 bridgehead atoms. The lowest BCUT2D eigenvalue weighted by Crippen LogP contribution is -2.19. The first-order chi connectivity index (χ1) is 15.0. The summed E-state index contributed by atoms with van der Waals surface area (Å²) in [6.07, 6.45) is 0. The van der Waals surface area contributed by atoms with Gasteiger partial charge in [-0.15, -0.1) is 0 Å². The number of allylic oxidation sites excluding steroid dienone is 4. The zero-order valence-electron chi connectivity index (χ0n) is 15.5. The van der Waals surface area contributed by atoms with Crippen LogP contribution < -0.4 is 5.73 Å². The van der Waals surface area contributed by atoms with E-state index in [1.54, 1.807) is 6.07 Å². The number of fused-ring (bicyclic) bond motifs is 2. The fourth-order valence-corrected chi connectivity index (χ4v) is 3.72. The second-order valence-electron chi connectivity index (χ2n) is 6.30. The minimum absolute atomic E-state index is 0.0985. The smallest absolute Gasteiger partial charge is 0.281 e. The first-order valence-electron chi connectivity index (χ1n) is 8.44. The van der Waals surface area contributed by atoms with Gasteiger partial charge in [-0.05, 0) is 12.1 Å². The van der Waals surface area contributed by atoms with E-state index in [1.165, 1.54) is 24.3 Å². The van der Waals surface area contributed by atoms with Gasteiger partial charge in [0.1, 0.15) is 25.7 Å². The molecule has 0 spiro atoms. The number of halogens is 4. The summed E-state index contributed by atoms with van der Waals surface area (Å²) < 4.78 is 0. The molecule has 12 heteroatoms. The minimum Gasteiger partial charge on any atom is -0.398 e. The highest BCUT2D eigenvalue weighted by Crippen LogP contribution is 2.35. The van der Waals surface area contributed by atoms with Gasteiger partial charge in [-0.2, -0.15) is 0 Å². The molecule has 2 aromatic carbocycles. The maximum Gasteiger partial charge on any atom is 0.281 e. The van der Waals surface area contributed by atoms with Crippen LogP contribution in [-0.4, -0.2) is 28.1 Å². The Hall–Kier alpha value is -3.04. The van der Waals surface area contributed by atoms with Gasteiger partial charge in [0.15, 0.2) is 0 Å². The molecule has 2 aromatic rings. The first kappa shape index (κ1) is 23.6. The molecule has 0 unspecified atom stereocenters. The molecule has 0 atom stereocenters. The number of nitro benzene ring substituents is 1. The van der Waals surface area contributed by atoms with Crippen LogP contribution >= 0.6 is 46.4 Å². The van der Waals surface area contributed by atoms with E-state index in [2.05, 4.69) is 0 Å². The maximum atomic E-state index is 11.8. The maximum absolute atomic E-state index is 11.8. The first-order valence-corrected chi connectivity index (χ1v) is 9.95. The summed E-state index contributed by atoms with van der Waals surface area (Å²) in [6, 6.07) is 8.36. The number of hydrogen-bond donors (Lipinski definition) is 1. The van der Waals surface area contributed by atoms with Gasteiger partial charge in [0.05, 0.1) is 10.5 Å². The zero-order chi connectivity index (χ0) is 23.9. The highest BCUT2D eigenvalue weighted by atomic mass is 35.5. The summed E-state index contributed by atoms with van der Waals surface area (Å²) in [4.78, 5) is 56.8. The van der Waals surface area contributed by atoms with Crippen LogP contribution in [0.1, 0.15) is 41.4 Å². The number of ketones is 4. The van der Waals surface area contributed by atoms with E-state index in [0.717, 1.165) is 6.07 Å². The summed E-state index contributed by atoms with van der Waals surface area (Å²) in [7, 11) is 0. The monoisotopic (exact) mass is 512 g/mol. The van der Waals surface area contributed by atoms with Crippen LogP contribution in [0.25, 0.3) is 0 Å². The molecular weight excluding hydrogens is 506 g/mol. The average Bonchev–Trinajstić information content (AvgIpc) is 2.78. The Morgan fingerprint density at radius 3 is 1.56 bits per heavy atom. The van der Waals surface area contributed by atoms with Crippen molar-refractivity contribution in [3.05, 3.63) is 88.9 Å². The number of benzene rings is 2. The van der Waals surface area contributed by atoms with Crippen molar-refractivity contribution in [3.63, 3.8) is 0 Å². The summed E-state index contributed by atoms with van der Waals surface area (Å²) in [6.45, 7) is 0. The van der Waals surface area contributed by atoms with Crippen LogP contribution in [0.15, 0.2) is 56.5 Å². The van der Waals surface area contributed by atoms with Gasteiger partial charge in [0, 0.05) is 22.9 Å². The van der Waals surface area contributed by atoms with Gasteiger partial charge in [0.25, 0.3) is 5.69 Å². The second kappa shape index (κ2) is 8.84. The number of nitrogens with two attached hydrogens (primary N) is 1. The molecule has 0 fully saturated rings. The Bertz CT molecular complexity index is 1330. The summed E-state index contributed by atoms with van der Waals surface area (Å²) in [5.41, 5.74) is 5.31. The topological polar surface area (TPSA) is 137 Å². The molecule has 0 saturated carbocycles. The fourth-order valence-electron chi connectivity index (χ4n) is 2.99. The van der Waals surface area contributed by atoms with Crippen molar-refractivity contribution in [1.29, 1.82) is 0 Å². The number of carbonyl (C=O) groups excluding carboxylic acids is 4. The number of anilines is 1. The second-order valence-corrected chi connectivity index (χ2v) is 7.81. The molecule has 2 aliphatic rings. The van der Waals surface area contributed by atoms with E-state index in [-0.39, 0.29) is 38.0 Å². The van der Waals surface area contributed by atoms with Crippen molar-refractivity contribution < 1.29 is 24.1 Å². The molecule has 0 aliphatic heterocycles. The quantitative estimate of drug-likeness (QED) is 0.321. The lowest BCUT2D eigenvalue weighted by molar-refractivity contribution is -0.385. The highest BCUT2D eigenvalue weighted by molar-refractivity contribution is 6.60. The Labute approximate surface area is 199 Å². The number of hydrogen-bond acceptors (Lipinski definition) is 7. The number of nitrogen functional groups attached to an aromatic ring is 1. The minimum atomic E-state index is -0.807. The van der Waals surface area contributed by atoms with Crippen molar-refractivity contribution in [1.82, 2.24) is 0 Å². The molecule has 4 rings (SSSR count). The van der Waals surface area contributed by atoms with Gasteiger partial charge >= 0.3 is 0 Å². The van der Waals surface area contributed by atoms with Gasteiger partial charge in [-0.3, -0.25) is 29.3 Å². The highest BCUT2D eigenvalue weighted by Gasteiger charge is 2.36. The van der Waals surface area contributed by atoms with Crippen molar-refractivity contribution in [2.75, 3.05) is 5.73 Å². The Kier molecular flexibility index (Phi) is 6.52. The largest absolute Gasteiger partial charge is 0.398 e. The van der Waals surface area contributed by atoms with Gasteiger partial charge in [0.2, 0.25) is 23.1 Å². The molecule has 2 N–H and O–H groups in total. The molecule has 8 nitrogen and oxygen atoms in total. The van der Waals surface area contributed by atoms with Gasteiger partial charge in [-0.25, -0.2) is 0 Å². The van der Waals surface area contributed by atoms with E-state index < -0.39 is 43.8 Å². The summed E-state index contributed by atoms with van der Waals surface area (Å²) >= 11 is 22.4. The zero-order valence-corrected chi connectivity index (χ0v) is 18.5. The number of rotatable bonds is 1. The van der Waals surface area contributed by atoms with Gasteiger partial charge < -0.3 is 5.73 Å². The lowest BCUT2D eigenvalue weighted by atomic mass is 9.93. The van der Waals surface area contributed by atoms with E-state index in [9.17, 15) is 29.3 Å². The van der Waals surface area contributed by atoms with Crippen LogP contribution in [0.4, 0.5) is 11.4 Å². The number of carbonyl (C=O) groups is 4. The van der Waals surface area contributed by atoms with Crippen molar-refractivity contribution in [2.45, 2.75) is 0 Å². The van der Waals surface area contributed by atoms with Crippen LogP contribution in [-0.2, 0) is 0 Å². The normalized spacial score (nSPS) is 15.2. The van der Waals surface area contributed by atoms with Crippen LogP contribution in [0.5, 0.6) is 0 Å². The standard InChI is InChI=1S/C10H3Cl2NO4.C10H5Cl2NO2/c11-7-8(12)10(15)6-4(9(7)14)2-1-3-5(6)13(16)17;11-7-8(12)10(15)6-4(9(7)14)2-1-3-5(6)13/h1-3H;1-3H,13H2.